The van der Waals surface area contributed by atoms with Gasteiger partial charge in [-0.3, -0.25) is 4.79 Å². The van der Waals surface area contributed by atoms with Gasteiger partial charge in [0.25, 0.3) is 0 Å². The Kier molecular flexibility index (Phi) is 5.36. The van der Waals surface area contributed by atoms with Gasteiger partial charge in [0.2, 0.25) is 5.91 Å². The Morgan fingerprint density at radius 1 is 1.17 bits per heavy atom. The van der Waals surface area contributed by atoms with Gasteiger partial charge in [-0.2, -0.15) is 5.10 Å². The van der Waals surface area contributed by atoms with Crippen molar-refractivity contribution in [3.63, 3.8) is 0 Å². The van der Waals surface area contributed by atoms with Gasteiger partial charge in [-0.25, -0.2) is 10.4 Å². The molecule has 0 aliphatic carbocycles. The maximum atomic E-state index is 11.9. The molecule has 3 rings (SSSR count). The summed E-state index contributed by atoms with van der Waals surface area (Å²) in [6, 6.07) is 17.0. The summed E-state index contributed by atoms with van der Waals surface area (Å²) in [5, 5.41) is 7.38. The molecule has 0 radical (unpaired) electrons. The Bertz CT molecular complexity index is 844. The number of carbonyl (C=O) groups is 1. The number of thiazole rings is 1. The topological polar surface area (TPSA) is 54.4 Å². The van der Waals surface area contributed by atoms with Crippen LogP contribution in [-0.2, 0) is 11.2 Å². The number of hydrogen-bond acceptors (Lipinski definition) is 4. The average molecular weight is 356 g/mol. The Hall–Kier alpha value is -2.50. The molecule has 0 saturated carbocycles. The van der Waals surface area contributed by atoms with Gasteiger partial charge in [0.1, 0.15) is 5.01 Å². The van der Waals surface area contributed by atoms with Crippen LogP contribution in [0, 0.1) is 0 Å². The fraction of sp³-hybridized carbons (Fsp3) is 0.0556. The first-order valence-electron chi connectivity index (χ1n) is 7.28. The van der Waals surface area contributed by atoms with Gasteiger partial charge >= 0.3 is 0 Å². The van der Waals surface area contributed by atoms with Crippen LogP contribution in [0.3, 0.4) is 0 Å². The summed E-state index contributed by atoms with van der Waals surface area (Å²) in [6.45, 7) is 0. The van der Waals surface area contributed by atoms with Gasteiger partial charge < -0.3 is 0 Å². The largest absolute Gasteiger partial charge is 0.273 e. The molecule has 0 saturated heterocycles. The molecule has 3 aromatic rings. The molecule has 0 atom stereocenters. The molecule has 1 aromatic heterocycles. The number of nitrogens with one attached hydrogen (secondary N) is 1. The quantitative estimate of drug-likeness (QED) is 0.552. The van der Waals surface area contributed by atoms with Crippen molar-refractivity contribution in [2.75, 3.05) is 0 Å². The highest BCUT2D eigenvalue weighted by atomic mass is 35.5. The van der Waals surface area contributed by atoms with Crippen LogP contribution in [0.4, 0.5) is 0 Å². The number of benzene rings is 2. The maximum Gasteiger partial charge on any atom is 0.246 e. The van der Waals surface area contributed by atoms with Gasteiger partial charge in [0, 0.05) is 16.0 Å². The molecular formula is C18H14ClN3OS. The number of halogens is 1. The van der Waals surface area contributed by atoms with Crippen molar-refractivity contribution in [3.05, 3.63) is 76.3 Å². The fourth-order valence-electron chi connectivity index (χ4n) is 2.04. The summed E-state index contributed by atoms with van der Waals surface area (Å²) in [6.07, 6.45) is 1.80. The summed E-state index contributed by atoms with van der Waals surface area (Å²) in [5.41, 5.74) is 5.15. The summed E-state index contributed by atoms with van der Waals surface area (Å²) in [7, 11) is 0. The smallest absolute Gasteiger partial charge is 0.246 e. The standard InChI is InChI=1S/C18H14ClN3OS/c19-15-8-6-14(7-9-15)18-21-16(12-24-18)10-17(23)22-20-11-13-4-2-1-3-5-13/h1-9,11-12H,10H2,(H,22,23). The van der Waals surface area contributed by atoms with E-state index in [0.717, 1.165) is 21.8 Å². The van der Waals surface area contributed by atoms with Crippen LogP contribution >= 0.6 is 22.9 Å². The SMILES string of the molecule is O=C(Cc1csc(-c2ccc(Cl)cc2)n1)NN=Cc1ccccc1. The molecule has 0 unspecified atom stereocenters. The monoisotopic (exact) mass is 355 g/mol. The zero-order valence-electron chi connectivity index (χ0n) is 12.6. The molecule has 4 nitrogen and oxygen atoms in total. The van der Waals surface area contributed by atoms with Gasteiger partial charge in [-0.1, -0.05) is 54.1 Å². The van der Waals surface area contributed by atoms with Crippen LogP contribution in [0.25, 0.3) is 10.6 Å². The minimum Gasteiger partial charge on any atom is -0.273 e. The lowest BCUT2D eigenvalue weighted by molar-refractivity contribution is -0.120. The molecule has 0 spiro atoms. The summed E-state index contributed by atoms with van der Waals surface area (Å²) in [5.74, 6) is -0.199. The van der Waals surface area contributed by atoms with E-state index in [2.05, 4.69) is 15.5 Å². The number of nitrogens with zero attached hydrogens (tertiary/aromatic N) is 2. The van der Waals surface area contributed by atoms with Gasteiger partial charge in [-0.05, 0) is 17.7 Å². The molecular weight excluding hydrogens is 342 g/mol. The number of carbonyl (C=O) groups excluding carboxylic acids is 1. The molecule has 2 aromatic carbocycles. The highest BCUT2D eigenvalue weighted by Crippen LogP contribution is 2.25. The zero-order chi connectivity index (χ0) is 16.8. The molecule has 1 N–H and O–H groups in total. The predicted octanol–water partition coefficient (Wildman–Crippen LogP) is 4.16. The molecule has 1 heterocycles. The van der Waals surface area contributed by atoms with Crippen molar-refractivity contribution in [3.8, 4) is 10.6 Å². The first-order valence-corrected chi connectivity index (χ1v) is 8.54. The summed E-state index contributed by atoms with van der Waals surface area (Å²) in [4.78, 5) is 16.4. The first kappa shape index (κ1) is 16.4. The molecule has 6 heteroatoms. The van der Waals surface area contributed by atoms with Crippen molar-refractivity contribution in [2.45, 2.75) is 6.42 Å². The molecule has 0 aliphatic rings. The Morgan fingerprint density at radius 2 is 1.92 bits per heavy atom. The van der Waals surface area contributed by atoms with Crippen molar-refractivity contribution >= 4 is 35.1 Å². The van der Waals surface area contributed by atoms with E-state index in [1.807, 2.05) is 60.0 Å². The van der Waals surface area contributed by atoms with Crippen LogP contribution < -0.4 is 5.43 Å². The van der Waals surface area contributed by atoms with E-state index in [0.29, 0.717) is 5.02 Å². The van der Waals surface area contributed by atoms with E-state index >= 15 is 0 Å². The van der Waals surface area contributed by atoms with Gasteiger partial charge in [-0.15, -0.1) is 11.3 Å². The van der Waals surface area contributed by atoms with Crippen LogP contribution in [0.15, 0.2) is 65.1 Å². The number of rotatable bonds is 5. The van der Waals surface area contributed by atoms with Gasteiger partial charge in [0.15, 0.2) is 0 Å². The lowest BCUT2D eigenvalue weighted by atomic mass is 10.2. The second-order valence-electron chi connectivity index (χ2n) is 5.03. The molecule has 24 heavy (non-hydrogen) atoms. The molecule has 0 aliphatic heterocycles. The Labute approximate surface area is 148 Å². The zero-order valence-corrected chi connectivity index (χ0v) is 14.2. The summed E-state index contributed by atoms with van der Waals surface area (Å²) >= 11 is 7.38. The number of hydrogen-bond donors (Lipinski definition) is 1. The van der Waals surface area contributed by atoms with Crippen LogP contribution in [0.2, 0.25) is 5.02 Å². The molecule has 120 valence electrons. The Balaban J connectivity index is 1.57. The third-order valence-electron chi connectivity index (χ3n) is 3.19. The van der Waals surface area contributed by atoms with Gasteiger partial charge in [0.05, 0.1) is 18.3 Å². The third kappa shape index (κ3) is 4.50. The van der Waals surface area contributed by atoms with E-state index in [9.17, 15) is 4.79 Å². The lowest BCUT2D eigenvalue weighted by Crippen LogP contribution is -2.19. The number of amides is 1. The highest BCUT2D eigenvalue weighted by molar-refractivity contribution is 7.13. The van der Waals surface area contributed by atoms with Crippen molar-refractivity contribution < 1.29 is 4.79 Å². The van der Waals surface area contributed by atoms with E-state index < -0.39 is 0 Å². The number of hydrazone groups is 1. The first-order chi connectivity index (χ1) is 11.7. The van der Waals surface area contributed by atoms with E-state index in [4.69, 9.17) is 11.6 Å². The normalized spacial score (nSPS) is 10.9. The molecule has 0 fully saturated rings. The molecule has 1 amide bonds. The predicted molar refractivity (Wildman–Crippen MR) is 98.4 cm³/mol. The summed E-state index contributed by atoms with van der Waals surface area (Å²) < 4.78 is 0. The van der Waals surface area contributed by atoms with Crippen LogP contribution in [0.5, 0.6) is 0 Å². The highest BCUT2D eigenvalue weighted by Gasteiger charge is 2.08. The third-order valence-corrected chi connectivity index (χ3v) is 4.38. The minimum absolute atomic E-state index is 0.191. The second-order valence-corrected chi connectivity index (χ2v) is 6.33. The molecule has 0 bridgehead atoms. The van der Waals surface area contributed by atoms with E-state index in [1.54, 1.807) is 6.21 Å². The Morgan fingerprint density at radius 3 is 2.67 bits per heavy atom. The van der Waals surface area contributed by atoms with Crippen LogP contribution in [0.1, 0.15) is 11.3 Å². The van der Waals surface area contributed by atoms with Crippen molar-refractivity contribution in [1.82, 2.24) is 10.4 Å². The van der Waals surface area contributed by atoms with E-state index in [-0.39, 0.29) is 12.3 Å². The second kappa shape index (κ2) is 7.86. The lowest BCUT2D eigenvalue weighted by Gasteiger charge is -1.98. The number of aromatic nitrogens is 1. The van der Waals surface area contributed by atoms with Crippen molar-refractivity contribution in [1.29, 1.82) is 0 Å². The maximum absolute atomic E-state index is 11.9. The van der Waals surface area contributed by atoms with E-state index in [1.165, 1.54) is 11.3 Å². The fourth-order valence-corrected chi connectivity index (χ4v) is 2.99. The van der Waals surface area contributed by atoms with Crippen LogP contribution in [-0.4, -0.2) is 17.1 Å². The van der Waals surface area contributed by atoms with Crippen molar-refractivity contribution in [2.24, 2.45) is 5.10 Å². The minimum atomic E-state index is -0.199. The average Bonchev–Trinajstić information content (AvgIpc) is 3.05.